The minimum Gasteiger partial charge on any atom is -0.480 e. The molecule has 212 valence electrons. The quantitative estimate of drug-likeness (QED) is 0.172. The van der Waals surface area contributed by atoms with Gasteiger partial charge in [0.05, 0.1) is 8.95 Å². The summed E-state index contributed by atoms with van der Waals surface area (Å²) in [6.07, 6.45) is -0.725. The summed E-state index contributed by atoms with van der Waals surface area (Å²) in [5, 5.41) is 6.90. The average Bonchev–Trinajstić information content (AvgIpc) is 2.93. The summed E-state index contributed by atoms with van der Waals surface area (Å²) in [5.41, 5.74) is 3.49. The predicted octanol–water partition coefficient (Wildman–Crippen LogP) is 8.92. The van der Waals surface area contributed by atoms with Gasteiger partial charge < -0.3 is 20.1 Å². The SMILES string of the molecule is CC(Oc1ccc(Cl)cc1Br)C(=O)Nc1ccc(Cc2ccc(NC(=O)C(C)Oc3ccc(Cl)cc3Br)cc2)cc1. The Morgan fingerprint density at radius 1 is 0.659 bits per heavy atom. The van der Waals surface area contributed by atoms with E-state index in [-0.39, 0.29) is 11.8 Å². The van der Waals surface area contributed by atoms with Crippen molar-refractivity contribution in [1.82, 2.24) is 0 Å². The van der Waals surface area contributed by atoms with E-state index in [0.29, 0.717) is 48.3 Å². The fraction of sp³-hybridized carbons (Fsp3) is 0.161. The smallest absolute Gasteiger partial charge is 0.265 e. The van der Waals surface area contributed by atoms with E-state index in [9.17, 15) is 9.59 Å². The van der Waals surface area contributed by atoms with Crippen LogP contribution in [0.15, 0.2) is 93.9 Å². The number of benzene rings is 4. The third-order valence-electron chi connectivity index (χ3n) is 5.98. The fourth-order valence-corrected chi connectivity index (χ4v) is 5.32. The molecule has 4 aromatic carbocycles. The van der Waals surface area contributed by atoms with Gasteiger partial charge in [0.15, 0.2) is 12.2 Å². The van der Waals surface area contributed by atoms with E-state index in [0.717, 1.165) is 11.1 Å². The normalized spacial score (nSPS) is 12.2. The van der Waals surface area contributed by atoms with Crippen LogP contribution >= 0.6 is 55.1 Å². The lowest BCUT2D eigenvalue weighted by Crippen LogP contribution is -2.30. The van der Waals surface area contributed by atoms with Crippen molar-refractivity contribution in [2.75, 3.05) is 10.6 Å². The van der Waals surface area contributed by atoms with Crippen LogP contribution in [0.1, 0.15) is 25.0 Å². The molecule has 0 spiro atoms. The third-order valence-corrected chi connectivity index (χ3v) is 7.69. The van der Waals surface area contributed by atoms with Crippen molar-refractivity contribution < 1.29 is 19.1 Å². The van der Waals surface area contributed by atoms with Crippen LogP contribution in [0.25, 0.3) is 0 Å². The molecule has 0 saturated heterocycles. The van der Waals surface area contributed by atoms with E-state index in [1.54, 1.807) is 50.2 Å². The van der Waals surface area contributed by atoms with E-state index >= 15 is 0 Å². The summed E-state index contributed by atoms with van der Waals surface area (Å²) in [5.74, 6) is 0.537. The monoisotopic (exact) mass is 718 g/mol. The molecule has 6 nitrogen and oxygen atoms in total. The van der Waals surface area contributed by atoms with Crippen molar-refractivity contribution in [2.45, 2.75) is 32.5 Å². The van der Waals surface area contributed by atoms with Crippen molar-refractivity contribution in [3.8, 4) is 11.5 Å². The Labute approximate surface area is 265 Å². The summed E-state index contributed by atoms with van der Waals surface area (Å²) >= 11 is 18.7. The molecule has 2 N–H and O–H groups in total. The molecule has 0 saturated carbocycles. The Kier molecular flexibility index (Phi) is 10.7. The highest BCUT2D eigenvalue weighted by molar-refractivity contribution is 9.11. The van der Waals surface area contributed by atoms with Gasteiger partial charge in [0.1, 0.15) is 11.5 Å². The molecule has 0 aliphatic heterocycles. The zero-order chi connectivity index (χ0) is 29.5. The maximum absolute atomic E-state index is 12.6. The van der Waals surface area contributed by atoms with Gasteiger partial charge in [0, 0.05) is 21.4 Å². The van der Waals surface area contributed by atoms with Crippen molar-refractivity contribution in [2.24, 2.45) is 0 Å². The van der Waals surface area contributed by atoms with E-state index in [1.165, 1.54) is 0 Å². The van der Waals surface area contributed by atoms with Gasteiger partial charge in [-0.3, -0.25) is 9.59 Å². The maximum atomic E-state index is 12.6. The van der Waals surface area contributed by atoms with E-state index in [1.807, 2.05) is 48.5 Å². The van der Waals surface area contributed by atoms with Crippen molar-refractivity contribution in [3.05, 3.63) is 115 Å². The van der Waals surface area contributed by atoms with Crippen molar-refractivity contribution in [1.29, 1.82) is 0 Å². The molecule has 0 bridgehead atoms. The first kappa shape index (κ1) is 30.9. The van der Waals surface area contributed by atoms with Gasteiger partial charge in [-0.1, -0.05) is 47.5 Å². The molecule has 2 atom stereocenters. The Hall–Kier alpha value is -3.04. The molecule has 2 unspecified atom stereocenters. The lowest BCUT2D eigenvalue weighted by molar-refractivity contribution is -0.122. The number of hydrogen-bond donors (Lipinski definition) is 2. The van der Waals surface area contributed by atoms with Gasteiger partial charge in [-0.15, -0.1) is 0 Å². The number of nitrogens with one attached hydrogen (secondary N) is 2. The molecule has 0 heterocycles. The highest BCUT2D eigenvalue weighted by Gasteiger charge is 2.18. The highest BCUT2D eigenvalue weighted by atomic mass is 79.9. The second-order valence-electron chi connectivity index (χ2n) is 9.22. The van der Waals surface area contributed by atoms with E-state index in [2.05, 4.69) is 42.5 Å². The number of anilines is 2. The number of ether oxygens (including phenoxy) is 2. The van der Waals surface area contributed by atoms with Crippen LogP contribution in [0.2, 0.25) is 10.0 Å². The van der Waals surface area contributed by atoms with Crippen LogP contribution in [0.4, 0.5) is 11.4 Å². The maximum Gasteiger partial charge on any atom is 0.265 e. The number of carbonyl (C=O) groups is 2. The van der Waals surface area contributed by atoms with Crippen LogP contribution in [0, 0.1) is 0 Å². The lowest BCUT2D eigenvalue weighted by Gasteiger charge is -2.16. The number of rotatable bonds is 10. The average molecular weight is 721 g/mol. The minimum absolute atomic E-state index is 0.266. The van der Waals surface area contributed by atoms with Crippen LogP contribution in [0.3, 0.4) is 0 Å². The lowest BCUT2D eigenvalue weighted by atomic mass is 10.0. The summed E-state index contributed by atoms with van der Waals surface area (Å²) in [6.45, 7) is 3.37. The van der Waals surface area contributed by atoms with Crippen LogP contribution in [-0.4, -0.2) is 24.0 Å². The molecular formula is C31H26Br2Cl2N2O4. The molecule has 0 fully saturated rings. The molecular weight excluding hydrogens is 695 g/mol. The number of carbonyl (C=O) groups excluding carboxylic acids is 2. The third kappa shape index (κ3) is 8.97. The van der Waals surface area contributed by atoms with Gasteiger partial charge in [-0.25, -0.2) is 0 Å². The summed E-state index contributed by atoms with van der Waals surface area (Å²) < 4.78 is 12.9. The molecule has 4 aromatic rings. The largest absolute Gasteiger partial charge is 0.480 e. The van der Waals surface area contributed by atoms with Gasteiger partial charge in [0.2, 0.25) is 0 Å². The zero-order valence-electron chi connectivity index (χ0n) is 22.1. The topological polar surface area (TPSA) is 76.7 Å². The molecule has 2 amide bonds. The molecule has 0 aromatic heterocycles. The predicted molar refractivity (Wildman–Crippen MR) is 171 cm³/mol. The Bertz CT molecular complexity index is 1420. The number of amides is 2. The van der Waals surface area contributed by atoms with Crippen LogP contribution in [0.5, 0.6) is 11.5 Å². The summed E-state index contributed by atoms with van der Waals surface area (Å²) in [4.78, 5) is 25.2. The molecule has 0 aliphatic carbocycles. The second-order valence-corrected chi connectivity index (χ2v) is 11.8. The van der Waals surface area contributed by atoms with Gasteiger partial charge >= 0.3 is 0 Å². The molecule has 10 heteroatoms. The fourth-order valence-electron chi connectivity index (χ4n) is 3.76. The summed E-state index contributed by atoms with van der Waals surface area (Å²) in [7, 11) is 0. The van der Waals surface area contributed by atoms with Crippen molar-refractivity contribution in [3.63, 3.8) is 0 Å². The Morgan fingerprint density at radius 3 is 1.37 bits per heavy atom. The first-order valence-electron chi connectivity index (χ1n) is 12.6. The van der Waals surface area contributed by atoms with E-state index in [4.69, 9.17) is 32.7 Å². The van der Waals surface area contributed by atoms with Crippen LogP contribution < -0.4 is 20.1 Å². The van der Waals surface area contributed by atoms with Crippen molar-refractivity contribution >= 4 is 78.3 Å². The Morgan fingerprint density at radius 2 is 1.02 bits per heavy atom. The minimum atomic E-state index is -0.708. The van der Waals surface area contributed by atoms with E-state index < -0.39 is 12.2 Å². The van der Waals surface area contributed by atoms with Gasteiger partial charge in [-0.2, -0.15) is 0 Å². The molecule has 4 rings (SSSR count). The van der Waals surface area contributed by atoms with Gasteiger partial charge in [0.25, 0.3) is 11.8 Å². The first-order valence-corrected chi connectivity index (χ1v) is 14.9. The standard InChI is InChI=1S/C31H26Br2Cl2N2O4/c1-18(40-28-13-7-22(34)16-26(28)32)30(38)36-24-9-3-20(4-10-24)15-21-5-11-25(12-6-21)37-31(39)19(2)41-29-14-8-23(35)17-27(29)33/h3-14,16-19H,15H2,1-2H3,(H,36,38)(H,37,39). The molecule has 41 heavy (non-hydrogen) atoms. The molecule has 0 radical (unpaired) electrons. The number of hydrogen-bond acceptors (Lipinski definition) is 4. The first-order chi connectivity index (χ1) is 19.6. The highest BCUT2D eigenvalue weighted by Crippen LogP contribution is 2.30. The Balaban J connectivity index is 1.27. The van der Waals surface area contributed by atoms with Crippen LogP contribution in [-0.2, 0) is 16.0 Å². The van der Waals surface area contributed by atoms with Gasteiger partial charge in [-0.05, 0) is 124 Å². The summed E-state index contributed by atoms with van der Waals surface area (Å²) in [6, 6.07) is 25.5. The number of halogens is 4. The zero-order valence-corrected chi connectivity index (χ0v) is 26.8. The molecule has 0 aliphatic rings. The second kappa shape index (κ2) is 14.2.